The molecular formula is C17H25N3O3. The van der Waals surface area contributed by atoms with Crippen LogP contribution >= 0.6 is 0 Å². The third kappa shape index (κ3) is 4.50. The average molecular weight is 319 g/mol. The van der Waals surface area contributed by atoms with Crippen molar-refractivity contribution < 1.29 is 14.7 Å². The van der Waals surface area contributed by atoms with Crippen LogP contribution in [0.2, 0.25) is 0 Å². The topological polar surface area (TPSA) is 74.7 Å². The summed E-state index contributed by atoms with van der Waals surface area (Å²) in [6.45, 7) is 2.26. The van der Waals surface area contributed by atoms with Crippen LogP contribution in [-0.4, -0.2) is 46.9 Å². The summed E-state index contributed by atoms with van der Waals surface area (Å²) in [5.41, 5.74) is 0.868. The van der Waals surface area contributed by atoms with Crippen molar-refractivity contribution in [2.45, 2.75) is 44.2 Å². The number of nitrogens with one attached hydrogen (secondary N) is 1. The normalized spacial score (nSPS) is 26.3. The van der Waals surface area contributed by atoms with E-state index in [0.29, 0.717) is 13.0 Å². The highest BCUT2D eigenvalue weighted by molar-refractivity contribution is 5.76. The van der Waals surface area contributed by atoms with Crippen molar-refractivity contribution in [1.82, 2.24) is 15.4 Å². The molecule has 2 heterocycles. The van der Waals surface area contributed by atoms with E-state index in [1.54, 1.807) is 6.20 Å². The number of aliphatic hydroxyl groups is 1. The van der Waals surface area contributed by atoms with Crippen molar-refractivity contribution in [3.63, 3.8) is 0 Å². The van der Waals surface area contributed by atoms with Crippen molar-refractivity contribution >= 4 is 5.91 Å². The van der Waals surface area contributed by atoms with Crippen molar-refractivity contribution in [3.05, 3.63) is 30.1 Å². The molecule has 1 saturated heterocycles. The third-order valence-corrected chi connectivity index (χ3v) is 4.61. The van der Waals surface area contributed by atoms with Crippen LogP contribution in [-0.2, 0) is 9.63 Å². The van der Waals surface area contributed by atoms with E-state index in [2.05, 4.69) is 10.3 Å². The molecule has 0 spiro atoms. The lowest BCUT2D eigenvalue weighted by Gasteiger charge is -2.37. The van der Waals surface area contributed by atoms with Gasteiger partial charge >= 0.3 is 0 Å². The Balaban J connectivity index is 1.54. The number of nitrogens with zero attached hydrogens (tertiary/aromatic N) is 2. The Kier molecular flexibility index (Phi) is 5.59. The summed E-state index contributed by atoms with van der Waals surface area (Å²) in [6, 6.07) is 5.61. The highest BCUT2D eigenvalue weighted by Crippen LogP contribution is 2.37. The largest absolute Gasteiger partial charge is 0.393 e. The van der Waals surface area contributed by atoms with E-state index in [4.69, 9.17) is 4.84 Å². The molecule has 126 valence electrons. The molecule has 1 unspecified atom stereocenters. The number of carbonyl (C=O) groups is 1. The van der Waals surface area contributed by atoms with Crippen LogP contribution in [0.4, 0.5) is 0 Å². The molecule has 23 heavy (non-hydrogen) atoms. The van der Waals surface area contributed by atoms with Gasteiger partial charge in [0.2, 0.25) is 5.91 Å². The maximum Gasteiger partial charge on any atom is 0.221 e. The highest BCUT2D eigenvalue weighted by Gasteiger charge is 2.36. The summed E-state index contributed by atoms with van der Waals surface area (Å²) in [4.78, 5) is 22.2. The number of amides is 1. The van der Waals surface area contributed by atoms with Gasteiger partial charge in [0.25, 0.3) is 0 Å². The molecule has 2 N–H and O–H groups in total. The Bertz CT molecular complexity index is 499. The summed E-state index contributed by atoms with van der Waals surface area (Å²) in [6.07, 6.45) is 5.56. The Morgan fingerprint density at radius 3 is 2.96 bits per heavy atom. The van der Waals surface area contributed by atoms with Gasteiger partial charge in [-0.3, -0.25) is 14.6 Å². The Morgan fingerprint density at radius 2 is 2.30 bits per heavy atom. The van der Waals surface area contributed by atoms with Crippen LogP contribution in [0.1, 0.15) is 43.8 Å². The molecule has 3 rings (SSSR count). The molecule has 1 aromatic heterocycles. The number of carbonyl (C=O) groups excluding carboxylic acids is 1. The van der Waals surface area contributed by atoms with Crippen molar-refractivity contribution in [1.29, 1.82) is 0 Å². The minimum atomic E-state index is -0.245. The second-order valence-electron chi connectivity index (χ2n) is 6.40. The molecular weight excluding hydrogens is 294 g/mol. The number of aliphatic hydroxyl groups excluding tert-OH is 1. The van der Waals surface area contributed by atoms with Gasteiger partial charge in [0, 0.05) is 25.7 Å². The van der Waals surface area contributed by atoms with Gasteiger partial charge in [-0.2, -0.15) is 5.06 Å². The molecule has 1 aliphatic heterocycles. The van der Waals surface area contributed by atoms with Gasteiger partial charge in [-0.25, -0.2) is 0 Å². The highest BCUT2D eigenvalue weighted by atomic mass is 16.7. The van der Waals surface area contributed by atoms with Crippen LogP contribution in [0, 0.1) is 5.92 Å². The Labute approximate surface area is 136 Å². The number of hydroxylamine groups is 2. The smallest absolute Gasteiger partial charge is 0.221 e. The zero-order valence-corrected chi connectivity index (χ0v) is 13.4. The Hall–Kier alpha value is -1.50. The van der Waals surface area contributed by atoms with Gasteiger partial charge < -0.3 is 10.4 Å². The summed E-state index contributed by atoms with van der Waals surface area (Å²) in [7, 11) is 0. The van der Waals surface area contributed by atoms with Crippen LogP contribution in [0.5, 0.6) is 0 Å². The third-order valence-electron chi connectivity index (χ3n) is 4.61. The van der Waals surface area contributed by atoms with Gasteiger partial charge in [-0.1, -0.05) is 6.07 Å². The fourth-order valence-electron chi connectivity index (χ4n) is 3.19. The first kappa shape index (κ1) is 16.4. The van der Waals surface area contributed by atoms with E-state index in [0.717, 1.165) is 44.5 Å². The van der Waals surface area contributed by atoms with Gasteiger partial charge in [-0.05, 0) is 43.7 Å². The van der Waals surface area contributed by atoms with E-state index < -0.39 is 0 Å². The molecule has 1 saturated carbocycles. The second kappa shape index (κ2) is 7.86. The van der Waals surface area contributed by atoms with E-state index in [-0.39, 0.29) is 24.0 Å². The maximum absolute atomic E-state index is 12.3. The molecule has 1 aromatic rings. The molecule has 0 aromatic carbocycles. The standard InChI is InChI=1S/C17H25N3O3/c21-14-11-13(12-14)17(15-5-1-2-7-18-15)19-16(22)6-9-20-8-3-4-10-23-20/h1-2,5,7,13-14,17,21H,3-4,6,8-12H2,(H,19,22). The van der Waals surface area contributed by atoms with Crippen LogP contribution < -0.4 is 5.32 Å². The monoisotopic (exact) mass is 319 g/mol. The quantitative estimate of drug-likeness (QED) is 0.830. The number of hydrogen-bond donors (Lipinski definition) is 2. The van der Waals surface area contributed by atoms with Crippen LogP contribution in [0.3, 0.4) is 0 Å². The van der Waals surface area contributed by atoms with E-state index in [1.165, 1.54) is 0 Å². The number of pyridine rings is 1. The maximum atomic E-state index is 12.3. The first-order valence-electron chi connectivity index (χ1n) is 8.48. The first-order chi connectivity index (χ1) is 11.2. The van der Waals surface area contributed by atoms with Gasteiger partial charge in [0.1, 0.15) is 0 Å². The molecule has 2 aliphatic rings. The van der Waals surface area contributed by atoms with Gasteiger partial charge in [-0.15, -0.1) is 0 Å². The van der Waals surface area contributed by atoms with Crippen molar-refractivity contribution in [2.24, 2.45) is 5.92 Å². The molecule has 0 radical (unpaired) electrons. The molecule has 1 atom stereocenters. The van der Waals surface area contributed by atoms with Crippen LogP contribution in [0.25, 0.3) is 0 Å². The van der Waals surface area contributed by atoms with E-state index >= 15 is 0 Å². The lowest BCUT2D eigenvalue weighted by molar-refractivity contribution is -0.181. The summed E-state index contributed by atoms with van der Waals surface area (Å²) in [5.74, 6) is 0.270. The van der Waals surface area contributed by atoms with E-state index in [1.807, 2.05) is 23.3 Å². The van der Waals surface area contributed by atoms with Gasteiger partial charge in [0.15, 0.2) is 0 Å². The minimum Gasteiger partial charge on any atom is -0.393 e. The Morgan fingerprint density at radius 1 is 1.43 bits per heavy atom. The van der Waals surface area contributed by atoms with E-state index in [9.17, 15) is 9.90 Å². The summed E-state index contributed by atoms with van der Waals surface area (Å²) >= 11 is 0. The van der Waals surface area contributed by atoms with Crippen molar-refractivity contribution in [2.75, 3.05) is 19.7 Å². The minimum absolute atomic E-state index is 0.0104. The lowest BCUT2D eigenvalue weighted by atomic mass is 9.76. The molecule has 1 amide bonds. The predicted octanol–water partition coefficient (Wildman–Crippen LogP) is 1.43. The first-order valence-corrected chi connectivity index (χ1v) is 8.48. The SMILES string of the molecule is O=C(CCN1CCCCO1)NC(c1ccccn1)C1CC(O)C1. The summed E-state index contributed by atoms with van der Waals surface area (Å²) < 4.78 is 0. The molecule has 6 heteroatoms. The number of aromatic nitrogens is 1. The predicted molar refractivity (Wildman–Crippen MR) is 85.2 cm³/mol. The lowest BCUT2D eigenvalue weighted by Crippen LogP contribution is -2.42. The second-order valence-corrected chi connectivity index (χ2v) is 6.40. The molecule has 2 fully saturated rings. The number of hydrogen-bond acceptors (Lipinski definition) is 5. The summed E-state index contributed by atoms with van der Waals surface area (Å²) in [5, 5.41) is 14.5. The van der Waals surface area contributed by atoms with Crippen molar-refractivity contribution in [3.8, 4) is 0 Å². The zero-order chi connectivity index (χ0) is 16.1. The molecule has 0 bridgehead atoms. The average Bonchev–Trinajstić information content (AvgIpc) is 2.57. The van der Waals surface area contributed by atoms with Gasteiger partial charge in [0.05, 0.1) is 24.4 Å². The fraction of sp³-hybridized carbons (Fsp3) is 0.647. The number of rotatable bonds is 6. The fourth-order valence-corrected chi connectivity index (χ4v) is 3.19. The molecule has 1 aliphatic carbocycles. The molecule has 6 nitrogen and oxygen atoms in total. The van der Waals surface area contributed by atoms with Crippen LogP contribution in [0.15, 0.2) is 24.4 Å². The zero-order valence-electron chi connectivity index (χ0n) is 13.4.